The number of likely N-dealkylation sites (N-methyl/N-ethyl adjacent to an activating group) is 1. The molecule has 0 saturated carbocycles. The Balaban J connectivity index is 1.89. The highest BCUT2D eigenvalue weighted by Gasteiger charge is 2.31. The fourth-order valence-corrected chi connectivity index (χ4v) is 1.80. The van der Waals surface area contributed by atoms with E-state index >= 15 is 0 Å². The summed E-state index contributed by atoms with van der Waals surface area (Å²) in [6, 6.07) is 0. The lowest BCUT2D eigenvalue weighted by Crippen LogP contribution is -2.36. The summed E-state index contributed by atoms with van der Waals surface area (Å²) in [7, 11) is 1.74. The number of rotatable bonds is 4. The van der Waals surface area contributed by atoms with Crippen LogP contribution in [0.3, 0.4) is 0 Å². The summed E-state index contributed by atoms with van der Waals surface area (Å²) in [5.74, 6) is 1.01. The molecule has 0 saturated heterocycles. The van der Waals surface area contributed by atoms with Crippen LogP contribution in [0, 0.1) is 5.92 Å². The van der Waals surface area contributed by atoms with Crippen molar-refractivity contribution in [2.45, 2.75) is 32.9 Å². The number of carbonyl (C=O) groups excluding carboxylic acids is 1. The molecule has 0 bridgehead atoms. The van der Waals surface area contributed by atoms with Crippen LogP contribution < -0.4 is 0 Å². The smallest absolute Gasteiger partial charge is 0.267 e. The molecule has 1 aromatic rings. The summed E-state index contributed by atoms with van der Waals surface area (Å²) < 4.78 is 0. The first-order valence-corrected chi connectivity index (χ1v) is 6.03. The van der Waals surface area contributed by atoms with Crippen LogP contribution in [0.1, 0.15) is 26.1 Å². The van der Waals surface area contributed by atoms with Gasteiger partial charge in [-0.25, -0.2) is 4.98 Å². The molecule has 18 heavy (non-hydrogen) atoms. The zero-order valence-electron chi connectivity index (χ0n) is 10.9. The van der Waals surface area contributed by atoms with Gasteiger partial charge in [-0.2, -0.15) is 0 Å². The van der Waals surface area contributed by atoms with Crippen molar-refractivity contribution < 1.29 is 9.63 Å². The molecule has 2 heterocycles. The summed E-state index contributed by atoms with van der Waals surface area (Å²) in [5.41, 5.74) is 0.944. The Kier molecular flexibility index (Phi) is 3.64. The Labute approximate surface area is 106 Å². The molecule has 0 spiro atoms. The molecule has 1 aliphatic rings. The minimum absolute atomic E-state index is 0.0641. The molecular formula is C12H18N4O2. The number of imidazole rings is 1. The van der Waals surface area contributed by atoms with Gasteiger partial charge in [0.1, 0.15) is 5.82 Å². The molecule has 0 aliphatic carbocycles. The number of nitrogens with zero attached hydrogens (tertiary/aromatic N) is 3. The van der Waals surface area contributed by atoms with E-state index in [2.05, 4.69) is 15.1 Å². The second-order valence-electron chi connectivity index (χ2n) is 4.77. The normalized spacial score (nSPS) is 18.7. The molecule has 6 nitrogen and oxygen atoms in total. The van der Waals surface area contributed by atoms with E-state index < -0.39 is 6.10 Å². The molecule has 2 rings (SSSR count). The predicted octanol–water partition coefficient (Wildman–Crippen LogP) is 1.17. The van der Waals surface area contributed by atoms with Crippen LogP contribution in [0.2, 0.25) is 0 Å². The minimum Gasteiger partial charge on any atom is -0.382 e. The SMILES string of the molecule is CC(C)C1=NO[C@@H](C(=O)N(C)Cc2ncc[nH]2)C1. The maximum atomic E-state index is 12.1. The third-order valence-corrected chi connectivity index (χ3v) is 2.95. The third kappa shape index (κ3) is 2.69. The molecule has 0 unspecified atom stereocenters. The van der Waals surface area contributed by atoms with Crippen LogP contribution in [-0.2, 0) is 16.2 Å². The predicted molar refractivity (Wildman–Crippen MR) is 66.8 cm³/mol. The van der Waals surface area contributed by atoms with Gasteiger partial charge in [-0.1, -0.05) is 19.0 Å². The Morgan fingerprint density at radius 2 is 2.44 bits per heavy atom. The van der Waals surface area contributed by atoms with Gasteiger partial charge >= 0.3 is 0 Å². The Morgan fingerprint density at radius 1 is 1.67 bits per heavy atom. The zero-order valence-corrected chi connectivity index (χ0v) is 10.9. The molecule has 1 aromatic heterocycles. The van der Waals surface area contributed by atoms with Gasteiger partial charge in [0, 0.05) is 25.9 Å². The number of amides is 1. The monoisotopic (exact) mass is 250 g/mol. The molecule has 98 valence electrons. The van der Waals surface area contributed by atoms with Gasteiger partial charge in [0.2, 0.25) is 6.10 Å². The topological polar surface area (TPSA) is 70.6 Å². The largest absolute Gasteiger partial charge is 0.382 e. The lowest BCUT2D eigenvalue weighted by atomic mass is 10.0. The standard InChI is InChI=1S/C12H18N4O2/c1-8(2)9-6-10(18-15-9)12(17)16(3)7-11-13-4-5-14-11/h4-5,8,10H,6-7H2,1-3H3,(H,13,14)/t10-/m1/s1. The molecule has 1 atom stereocenters. The first-order chi connectivity index (χ1) is 8.58. The van der Waals surface area contributed by atoms with E-state index in [1.807, 2.05) is 13.8 Å². The average molecular weight is 250 g/mol. The number of aromatic amines is 1. The quantitative estimate of drug-likeness (QED) is 0.872. The highest BCUT2D eigenvalue weighted by Crippen LogP contribution is 2.18. The summed E-state index contributed by atoms with van der Waals surface area (Å²) in [6.07, 6.45) is 3.50. The lowest BCUT2D eigenvalue weighted by molar-refractivity contribution is -0.141. The number of carbonyl (C=O) groups is 1. The first kappa shape index (κ1) is 12.6. The maximum absolute atomic E-state index is 12.1. The van der Waals surface area contributed by atoms with Crippen molar-refractivity contribution in [2.24, 2.45) is 11.1 Å². The van der Waals surface area contributed by atoms with Crippen LogP contribution in [0.5, 0.6) is 0 Å². The van der Waals surface area contributed by atoms with Crippen LogP contribution >= 0.6 is 0 Å². The van der Waals surface area contributed by atoms with Gasteiger partial charge in [0.15, 0.2) is 0 Å². The molecule has 0 fully saturated rings. The van der Waals surface area contributed by atoms with E-state index in [0.717, 1.165) is 11.5 Å². The highest BCUT2D eigenvalue weighted by atomic mass is 16.6. The average Bonchev–Trinajstić information content (AvgIpc) is 2.98. The highest BCUT2D eigenvalue weighted by molar-refractivity contribution is 5.93. The van der Waals surface area contributed by atoms with Crippen molar-refractivity contribution in [1.29, 1.82) is 0 Å². The van der Waals surface area contributed by atoms with Gasteiger partial charge in [0.25, 0.3) is 5.91 Å². The fraction of sp³-hybridized carbons (Fsp3) is 0.583. The Bertz CT molecular complexity index is 439. The van der Waals surface area contributed by atoms with Gasteiger partial charge in [-0.15, -0.1) is 0 Å². The van der Waals surface area contributed by atoms with Gasteiger partial charge in [-0.3, -0.25) is 4.79 Å². The second kappa shape index (κ2) is 5.20. The number of hydrogen-bond donors (Lipinski definition) is 1. The van der Waals surface area contributed by atoms with Crippen LogP contribution in [0.25, 0.3) is 0 Å². The molecular weight excluding hydrogens is 232 g/mol. The number of hydrogen-bond acceptors (Lipinski definition) is 4. The summed E-state index contributed by atoms with van der Waals surface area (Å²) in [6.45, 7) is 4.53. The van der Waals surface area contributed by atoms with Crippen LogP contribution in [-0.4, -0.2) is 39.6 Å². The van der Waals surface area contributed by atoms with E-state index in [0.29, 0.717) is 18.9 Å². The number of oxime groups is 1. The van der Waals surface area contributed by atoms with E-state index in [9.17, 15) is 4.79 Å². The minimum atomic E-state index is -0.484. The van der Waals surface area contributed by atoms with Crippen molar-refractivity contribution in [2.75, 3.05) is 7.05 Å². The molecule has 1 N–H and O–H groups in total. The Hall–Kier alpha value is -1.85. The van der Waals surface area contributed by atoms with E-state index in [-0.39, 0.29) is 5.91 Å². The first-order valence-electron chi connectivity index (χ1n) is 6.03. The third-order valence-electron chi connectivity index (χ3n) is 2.95. The molecule has 1 aliphatic heterocycles. The van der Waals surface area contributed by atoms with Gasteiger partial charge in [-0.05, 0) is 5.92 Å². The zero-order chi connectivity index (χ0) is 13.1. The number of aromatic nitrogens is 2. The Morgan fingerprint density at radius 3 is 3.00 bits per heavy atom. The van der Waals surface area contributed by atoms with Crippen molar-refractivity contribution >= 4 is 11.6 Å². The lowest BCUT2D eigenvalue weighted by Gasteiger charge is -2.18. The second-order valence-corrected chi connectivity index (χ2v) is 4.77. The molecule has 0 radical (unpaired) electrons. The fourth-order valence-electron chi connectivity index (χ4n) is 1.80. The summed E-state index contributed by atoms with van der Waals surface area (Å²) in [4.78, 5) is 26.0. The van der Waals surface area contributed by atoms with Crippen molar-refractivity contribution in [3.63, 3.8) is 0 Å². The van der Waals surface area contributed by atoms with Crippen molar-refractivity contribution in [3.05, 3.63) is 18.2 Å². The molecule has 0 aromatic carbocycles. The number of H-pyrrole nitrogens is 1. The summed E-state index contributed by atoms with van der Waals surface area (Å²) in [5, 5.41) is 3.96. The van der Waals surface area contributed by atoms with Crippen molar-refractivity contribution in [1.82, 2.24) is 14.9 Å². The van der Waals surface area contributed by atoms with E-state index in [1.165, 1.54) is 0 Å². The van der Waals surface area contributed by atoms with Crippen LogP contribution in [0.4, 0.5) is 0 Å². The molecule has 6 heteroatoms. The van der Waals surface area contributed by atoms with Gasteiger partial charge < -0.3 is 14.7 Å². The van der Waals surface area contributed by atoms with E-state index in [4.69, 9.17) is 4.84 Å². The van der Waals surface area contributed by atoms with E-state index in [1.54, 1.807) is 24.3 Å². The maximum Gasteiger partial charge on any atom is 0.267 e. The van der Waals surface area contributed by atoms with Gasteiger partial charge in [0.05, 0.1) is 12.3 Å². The van der Waals surface area contributed by atoms with Crippen LogP contribution in [0.15, 0.2) is 17.5 Å². The van der Waals surface area contributed by atoms with Crippen molar-refractivity contribution in [3.8, 4) is 0 Å². The number of nitrogens with one attached hydrogen (secondary N) is 1. The summed E-state index contributed by atoms with van der Waals surface area (Å²) >= 11 is 0. The molecule has 1 amide bonds.